The molecule has 0 atom stereocenters. The van der Waals surface area contributed by atoms with Gasteiger partial charge in [-0.05, 0) is 30.9 Å². The van der Waals surface area contributed by atoms with Gasteiger partial charge in [0.2, 0.25) is 0 Å². The molecule has 0 unspecified atom stereocenters. The van der Waals surface area contributed by atoms with E-state index in [-0.39, 0.29) is 5.82 Å². The van der Waals surface area contributed by atoms with Gasteiger partial charge in [-0.3, -0.25) is 0 Å². The Labute approximate surface area is 85.3 Å². The van der Waals surface area contributed by atoms with E-state index in [9.17, 15) is 4.39 Å². The lowest BCUT2D eigenvalue weighted by Crippen LogP contribution is -2.07. The third-order valence-electron chi connectivity index (χ3n) is 2.25. The van der Waals surface area contributed by atoms with Crippen LogP contribution in [0.3, 0.4) is 0 Å². The highest BCUT2D eigenvalue weighted by atomic mass is 19.1. The Hall–Kier alpha value is -1.05. The zero-order valence-corrected chi connectivity index (χ0v) is 9.10. The Bertz CT molecular complexity index is 274. The average molecular weight is 195 g/mol. The van der Waals surface area contributed by atoms with Crippen LogP contribution in [0.1, 0.15) is 25.8 Å². The minimum atomic E-state index is -0.159. The van der Waals surface area contributed by atoms with Crippen LogP contribution >= 0.6 is 0 Å². The maximum atomic E-state index is 13.3. The van der Waals surface area contributed by atoms with E-state index in [2.05, 4.69) is 19.2 Å². The quantitative estimate of drug-likeness (QED) is 0.774. The minimum Gasteiger partial charge on any atom is -0.382 e. The normalized spacial score (nSPS) is 10.6. The standard InChI is InChI=1S/C12H18FN/c1-9(2)7-8-14-12-10(3)5-4-6-11(12)13/h4-6,9,14H,7-8H2,1-3H3. The molecule has 2 heteroatoms. The first-order valence-electron chi connectivity index (χ1n) is 5.10. The number of anilines is 1. The molecule has 0 heterocycles. The molecule has 1 aromatic rings. The molecule has 0 saturated carbocycles. The van der Waals surface area contributed by atoms with Crippen molar-refractivity contribution in [3.63, 3.8) is 0 Å². The summed E-state index contributed by atoms with van der Waals surface area (Å²) in [7, 11) is 0. The van der Waals surface area contributed by atoms with Crippen molar-refractivity contribution in [3.8, 4) is 0 Å². The second kappa shape index (κ2) is 4.99. The summed E-state index contributed by atoms with van der Waals surface area (Å²) in [4.78, 5) is 0. The summed E-state index contributed by atoms with van der Waals surface area (Å²) in [5.74, 6) is 0.489. The van der Waals surface area contributed by atoms with Gasteiger partial charge in [0.1, 0.15) is 5.82 Å². The zero-order chi connectivity index (χ0) is 10.6. The number of hydrogen-bond donors (Lipinski definition) is 1. The largest absolute Gasteiger partial charge is 0.382 e. The molecule has 1 N–H and O–H groups in total. The highest BCUT2D eigenvalue weighted by Crippen LogP contribution is 2.18. The van der Waals surface area contributed by atoms with Gasteiger partial charge in [-0.1, -0.05) is 26.0 Å². The van der Waals surface area contributed by atoms with Gasteiger partial charge in [-0.15, -0.1) is 0 Å². The Balaban J connectivity index is 2.58. The highest BCUT2D eigenvalue weighted by molar-refractivity contribution is 5.51. The number of nitrogens with one attached hydrogen (secondary N) is 1. The number of halogens is 1. The second-order valence-corrected chi connectivity index (χ2v) is 4.04. The predicted octanol–water partition coefficient (Wildman–Crippen LogP) is 3.59. The maximum absolute atomic E-state index is 13.3. The first kappa shape index (κ1) is 11.0. The summed E-state index contributed by atoms with van der Waals surface area (Å²) in [6, 6.07) is 5.14. The van der Waals surface area contributed by atoms with Gasteiger partial charge in [-0.2, -0.15) is 0 Å². The monoisotopic (exact) mass is 195 g/mol. The number of para-hydroxylation sites is 1. The van der Waals surface area contributed by atoms with Gasteiger partial charge in [0.15, 0.2) is 0 Å². The summed E-state index contributed by atoms with van der Waals surface area (Å²) in [5.41, 5.74) is 1.61. The van der Waals surface area contributed by atoms with Crippen molar-refractivity contribution >= 4 is 5.69 Å². The van der Waals surface area contributed by atoms with E-state index in [4.69, 9.17) is 0 Å². The van der Waals surface area contributed by atoms with Gasteiger partial charge < -0.3 is 5.32 Å². The Morgan fingerprint density at radius 2 is 2.07 bits per heavy atom. The fourth-order valence-corrected chi connectivity index (χ4v) is 1.34. The molecule has 0 spiro atoms. The van der Waals surface area contributed by atoms with Gasteiger partial charge >= 0.3 is 0 Å². The first-order valence-corrected chi connectivity index (χ1v) is 5.10. The maximum Gasteiger partial charge on any atom is 0.146 e. The minimum absolute atomic E-state index is 0.159. The molecule has 0 aromatic heterocycles. The lowest BCUT2D eigenvalue weighted by molar-refractivity contribution is 0.599. The summed E-state index contributed by atoms with van der Waals surface area (Å²) < 4.78 is 13.3. The van der Waals surface area contributed by atoms with E-state index in [1.54, 1.807) is 6.07 Å². The van der Waals surface area contributed by atoms with Crippen LogP contribution in [0.2, 0.25) is 0 Å². The van der Waals surface area contributed by atoms with Gasteiger partial charge in [0.05, 0.1) is 5.69 Å². The number of rotatable bonds is 4. The fraction of sp³-hybridized carbons (Fsp3) is 0.500. The van der Waals surface area contributed by atoms with E-state index in [1.807, 2.05) is 13.0 Å². The van der Waals surface area contributed by atoms with Gasteiger partial charge in [-0.25, -0.2) is 4.39 Å². The van der Waals surface area contributed by atoms with Crippen molar-refractivity contribution in [1.82, 2.24) is 0 Å². The lowest BCUT2D eigenvalue weighted by Gasteiger charge is -2.11. The van der Waals surface area contributed by atoms with E-state index in [0.717, 1.165) is 18.5 Å². The predicted molar refractivity (Wildman–Crippen MR) is 59.1 cm³/mol. The molecule has 0 amide bonds. The third-order valence-corrected chi connectivity index (χ3v) is 2.25. The van der Waals surface area contributed by atoms with Crippen LogP contribution in [0.15, 0.2) is 18.2 Å². The lowest BCUT2D eigenvalue weighted by atomic mass is 10.1. The molecule has 0 radical (unpaired) electrons. The van der Waals surface area contributed by atoms with Crippen molar-refractivity contribution < 1.29 is 4.39 Å². The molecule has 1 aromatic carbocycles. The zero-order valence-electron chi connectivity index (χ0n) is 9.10. The topological polar surface area (TPSA) is 12.0 Å². The van der Waals surface area contributed by atoms with Crippen LogP contribution < -0.4 is 5.32 Å². The van der Waals surface area contributed by atoms with Crippen LogP contribution in [-0.4, -0.2) is 6.54 Å². The number of hydrogen-bond acceptors (Lipinski definition) is 1. The summed E-state index contributed by atoms with van der Waals surface area (Å²) >= 11 is 0. The first-order chi connectivity index (χ1) is 6.61. The number of benzene rings is 1. The average Bonchev–Trinajstić information content (AvgIpc) is 2.09. The van der Waals surface area contributed by atoms with Crippen molar-refractivity contribution in [2.45, 2.75) is 27.2 Å². The Morgan fingerprint density at radius 3 is 2.64 bits per heavy atom. The Kier molecular flexibility index (Phi) is 3.93. The molecular formula is C12H18FN. The van der Waals surface area contributed by atoms with Crippen LogP contribution in [0.25, 0.3) is 0 Å². The smallest absolute Gasteiger partial charge is 0.146 e. The molecule has 1 rings (SSSR count). The molecule has 0 fully saturated rings. The van der Waals surface area contributed by atoms with Crippen molar-refractivity contribution in [2.24, 2.45) is 5.92 Å². The van der Waals surface area contributed by atoms with Gasteiger partial charge in [0.25, 0.3) is 0 Å². The molecule has 0 aliphatic heterocycles. The molecule has 0 saturated heterocycles. The fourth-order valence-electron chi connectivity index (χ4n) is 1.34. The molecule has 78 valence electrons. The summed E-state index contributed by atoms with van der Waals surface area (Å²) in [5, 5.41) is 3.14. The highest BCUT2D eigenvalue weighted by Gasteiger charge is 2.03. The van der Waals surface area contributed by atoms with E-state index < -0.39 is 0 Å². The molecular weight excluding hydrogens is 177 g/mol. The molecule has 1 nitrogen and oxygen atoms in total. The van der Waals surface area contributed by atoms with Crippen molar-refractivity contribution in [3.05, 3.63) is 29.6 Å². The molecule has 0 aliphatic rings. The van der Waals surface area contributed by atoms with E-state index in [1.165, 1.54) is 6.07 Å². The van der Waals surface area contributed by atoms with Crippen LogP contribution in [0.5, 0.6) is 0 Å². The van der Waals surface area contributed by atoms with Crippen LogP contribution in [-0.2, 0) is 0 Å². The van der Waals surface area contributed by atoms with Crippen LogP contribution in [0.4, 0.5) is 10.1 Å². The van der Waals surface area contributed by atoms with E-state index >= 15 is 0 Å². The summed E-state index contributed by atoms with van der Waals surface area (Å²) in [6.45, 7) is 7.08. The molecule has 0 bridgehead atoms. The van der Waals surface area contributed by atoms with Crippen molar-refractivity contribution in [1.29, 1.82) is 0 Å². The summed E-state index contributed by atoms with van der Waals surface area (Å²) in [6.07, 6.45) is 1.06. The van der Waals surface area contributed by atoms with Gasteiger partial charge in [0, 0.05) is 6.54 Å². The second-order valence-electron chi connectivity index (χ2n) is 4.04. The van der Waals surface area contributed by atoms with Crippen LogP contribution in [0, 0.1) is 18.7 Å². The van der Waals surface area contributed by atoms with Crippen molar-refractivity contribution in [2.75, 3.05) is 11.9 Å². The molecule has 14 heavy (non-hydrogen) atoms. The Morgan fingerprint density at radius 1 is 1.36 bits per heavy atom. The SMILES string of the molecule is Cc1cccc(F)c1NCCC(C)C. The number of aryl methyl sites for hydroxylation is 1. The molecule has 0 aliphatic carbocycles. The van der Waals surface area contributed by atoms with E-state index in [0.29, 0.717) is 11.6 Å². The third kappa shape index (κ3) is 3.02.